The van der Waals surface area contributed by atoms with E-state index in [9.17, 15) is 10.1 Å². The van der Waals surface area contributed by atoms with Crippen molar-refractivity contribution in [2.75, 3.05) is 0 Å². The van der Waals surface area contributed by atoms with Crippen molar-refractivity contribution in [3.05, 3.63) is 94.6 Å². The van der Waals surface area contributed by atoms with Gasteiger partial charge in [-0.2, -0.15) is 5.26 Å². The Balaban J connectivity index is 1.47. The molecule has 2 heterocycles. The third kappa shape index (κ3) is 4.57. The summed E-state index contributed by atoms with van der Waals surface area (Å²) >= 11 is 2.92. The molecule has 146 valence electrons. The molecule has 2 aromatic carbocycles. The van der Waals surface area contributed by atoms with Crippen molar-refractivity contribution in [3.63, 3.8) is 0 Å². The summed E-state index contributed by atoms with van der Waals surface area (Å²) in [5.74, 6) is -0.173. The van der Waals surface area contributed by atoms with Crippen LogP contribution in [-0.2, 0) is 6.54 Å². The number of nitrogens with one attached hydrogen (secondary N) is 1. The van der Waals surface area contributed by atoms with Crippen molar-refractivity contribution in [3.8, 4) is 17.3 Å². The zero-order chi connectivity index (χ0) is 20.8. The first-order valence-electron chi connectivity index (χ1n) is 9.13. The number of hydrogen-bond donors (Lipinski definition) is 1. The molecule has 1 amide bonds. The molecular formula is C23H16N4OS2. The van der Waals surface area contributed by atoms with Crippen LogP contribution in [0.15, 0.2) is 88.2 Å². The van der Waals surface area contributed by atoms with Gasteiger partial charge >= 0.3 is 0 Å². The van der Waals surface area contributed by atoms with Gasteiger partial charge in [0.15, 0.2) is 0 Å². The molecule has 0 bridgehead atoms. The van der Waals surface area contributed by atoms with E-state index in [1.807, 2.05) is 53.9 Å². The lowest BCUT2D eigenvalue weighted by molar-refractivity contribution is 0.0948. The third-order valence-electron chi connectivity index (χ3n) is 4.29. The highest BCUT2D eigenvalue weighted by atomic mass is 32.2. The van der Waals surface area contributed by atoms with E-state index in [0.29, 0.717) is 17.7 Å². The molecule has 0 atom stereocenters. The zero-order valence-electron chi connectivity index (χ0n) is 15.8. The van der Waals surface area contributed by atoms with Crippen LogP contribution in [0.4, 0.5) is 0 Å². The lowest BCUT2D eigenvalue weighted by Gasteiger charge is -2.10. The van der Waals surface area contributed by atoms with E-state index in [-0.39, 0.29) is 5.91 Å². The lowest BCUT2D eigenvalue weighted by atomic mass is 10.2. The number of hydrogen-bond acceptors (Lipinski definition) is 6. The van der Waals surface area contributed by atoms with Gasteiger partial charge in [-0.25, -0.2) is 4.98 Å². The second kappa shape index (κ2) is 9.35. The number of rotatable bonds is 6. The van der Waals surface area contributed by atoms with Crippen molar-refractivity contribution in [1.82, 2.24) is 15.3 Å². The highest BCUT2D eigenvalue weighted by Gasteiger charge is 2.14. The third-order valence-corrected chi connectivity index (χ3v) is 6.29. The molecule has 0 spiro atoms. The van der Waals surface area contributed by atoms with Crippen LogP contribution in [0.2, 0.25) is 0 Å². The van der Waals surface area contributed by atoms with E-state index in [1.54, 1.807) is 24.5 Å². The van der Waals surface area contributed by atoms with Gasteiger partial charge < -0.3 is 5.32 Å². The molecule has 4 aromatic rings. The van der Waals surface area contributed by atoms with Crippen LogP contribution < -0.4 is 5.32 Å². The average molecular weight is 429 g/mol. The topological polar surface area (TPSA) is 78.7 Å². The molecule has 0 saturated heterocycles. The average Bonchev–Trinajstić information content (AvgIpc) is 3.28. The molecule has 0 aliphatic rings. The lowest BCUT2D eigenvalue weighted by Crippen LogP contribution is -2.23. The SMILES string of the molecule is N#Cc1ccccc1Sc1ccccc1C(=O)NCc1nc(-c2ccncc2)cs1. The minimum Gasteiger partial charge on any atom is -0.345 e. The predicted octanol–water partition coefficient (Wildman–Crippen LogP) is 5.16. The fraction of sp³-hybridized carbons (Fsp3) is 0.0435. The quantitative estimate of drug-likeness (QED) is 0.459. The van der Waals surface area contributed by atoms with Crippen molar-refractivity contribution < 1.29 is 4.79 Å². The van der Waals surface area contributed by atoms with Crippen LogP contribution in [0.5, 0.6) is 0 Å². The van der Waals surface area contributed by atoms with E-state index in [2.05, 4.69) is 21.4 Å². The number of amides is 1. The van der Waals surface area contributed by atoms with Crippen LogP contribution in [-0.4, -0.2) is 15.9 Å². The van der Waals surface area contributed by atoms with Crippen molar-refractivity contribution in [2.24, 2.45) is 0 Å². The van der Waals surface area contributed by atoms with E-state index in [0.717, 1.165) is 26.1 Å². The first kappa shape index (κ1) is 19.8. The largest absolute Gasteiger partial charge is 0.345 e. The number of carbonyl (C=O) groups excluding carboxylic acids is 1. The van der Waals surface area contributed by atoms with Crippen molar-refractivity contribution in [1.29, 1.82) is 5.26 Å². The number of pyridine rings is 1. The first-order chi connectivity index (χ1) is 14.7. The van der Waals surface area contributed by atoms with Crippen LogP contribution in [0.1, 0.15) is 20.9 Å². The van der Waals surface area contributed by atoms with E-state index in [4.69, 9.17) is 0 Å². The molecule has 0 unspecified atom stereocenters. The van der Waals surface area contributed by atoms with Gasteiger partial charge in [-0.1, -0.05) is 36.0 Å². The number of benzene rings is 2. The Morgan fingerprint density at radius 3 is 2.57 bits per heavy atom. The smallest absolute Gasteiger partial charge is 0.252 e. The van der Waals surface area contributed by atoms with Crippen molar-refractivity contribution in [2.45, 2.75) is 16.3 Å². The van der Waals surface area contributed by atoms with Gasteiger partial charge in [0.05, 0.1) is 23.4 Å². The first-order valence-corrected chi connectivity index (χ1v) is 10.8. The van der Waals surface area contributed by atoms with Gasteiger partial charge in [-0.15, -0.1) is 11.3 Å². The summed E-state index contributed by atoms with van der Waals surface area (Å²) < 4.78 is 0. The zero-order valence-corrected chi connectivity index (χ0v) is 17.4. The van der Waals surface area contributed by atoms with Gasteiger partial charge in [-0.05, 0) is 36.4 Å². The maximum atomic E-state index is 12.8. The van der Waals surface area contributed by atoms with Gasteiger partial charge in [0, 0.05) is 33.1 Å². The predicted molar refractivity (Wildman–Crippen MR) is 118 cm³/mol. The van der Waals surface area contributed by atoms with Crippen LogP contribution in [0.25, 0.3) is 11.3 Å². The number of nitrogens with zero attached hydrogens (tertiary/aromatic N) is 3. The number of thiazole rings is 1. The Morgan fingerprint density at radius 2 is 1.77 bits per heavy atom. The standard InChI is InChI=1S/C23H16N4OS2/c24-13-17-5-1-3-7-20(17)30-21-8-4-2-6-18(21)23(28)26-14-22-27-19(15-29-22)16-9-11-25-12-10-16/h1-12,15H,14H2,(H,26,28). The second-order valence-electron chi connectivity index (χ2n) is 6.25. The monoisotopic (exact) mass is 428 g/mol. The molecule has 0 radical (unpaired) electrons. The van der Waals surface area contributed by atoms with Gasteiger partial charge in [0.25, 0.3) is 5.91 Å². The number of aromatic nitrogens is 2. The minimum absolute atomic E-state index is 0.173. The van der Waals surface area contributed by atoms with Crippen LogP contribution in [0.3, 0.4) is 0 Å². The highest BCUT2D eigenvalue weighted by molar-refractivity contribution is 7.99. The molecule has 2 aromatic heterocycles. The summed E-state index contributed by atoms with van der Waals surface area (Å²) in [6, 6.07) is 20.8. The Bertz CT molecular complexity index is 1220. The Hall–Kier alpha value is -3.47. The highest BCUT2D eigenvalue weighted by Crippen LogP contribution is 2.32. The summed E-state index contributed by atoms with van der Waals surface area (Å²) in [7, 11) is 0. The molecule has 0 aliphatic carbocycles. The molecule has 4 rings (SSSR count). The van der Waals surface area contributed by atoms with E-state index < -0.39 is 0 Å². The fourth-order valence-corrected chi connectivity index (χ4v) is 4.58. The molecule has 0 aliphatic heterocycles. The van der Waals surface area contributed by atoms with Gasteiger partial charge in [-0.3, -0.25) is 9.78 Å². The Labute approximate surface area is 182 Å². The summed E-state index contributed by atoms with van der Waals surface area (Å²) in [5, 5.41) is 15.1. The molecule has 1 N–H and O–H groups in total. The Kier molecular flexibility index (Phi) is 6.18. The molecule has 7 heteroatoms. The van der Waals surface area contributed by atoms with E-state index >= 15 is 0 Å². The molecular weight excluding hydrogens is 412 g/mol. The molecule has 0 fully saturated rings. The van der Waals surface area contributed by atoms with Crippen LogP contribution >= 0.6 is 23.1 Å². The normalized spacial score (nSPS) is 10.4. The van der Waals surface area contributed by atoms with Gasteiger partial charge in [0.1, 0.15) is 11.1 Å². The Morgan fingerprint density at radius 1 is 1.03 bits per heavy atom. The van der Waals surface area contributed by atoms with E-state index in [1.165, 1.54) is 23.1 Å². The van der Waals surface area contributed by atoms with Crippen LogP contribution in [0, 0.1) is 11.3 Å². The fourth-order valence-electron chi connectivity index (χ4n) is 2.81. The summed E-state index contributed by atoms with van der Waals surface area (Å²) in [5.41, 5.74) is 3.03. The summed E-state index contributed by atoms with van der Waals surface area (Å²) in [4.78, 5) is 23.1. The molecule has 0 saturated carbocycles. The number of nitriles is 1. The molecule has 30 heavy (non-hydrogen) atoms. The molecule has 5 nitrogen and oxygen atoms in total. The number of carbonyl (C=O) groups is 1. The summed E-state index contributed by atoms with van der Waals surface area (Å²) in [6.07, 6.45) is 3.46. The summed E-state index contributed by atoms with van der Waals surface area (Å²) in [6.45, 7) is 0.350. The maximum absolute atomic E-state index is 12.8. The maximum Gasteiger partial charge on any atom is 0.252 e. The van der Waals surface area contributed by atoms with Crippen molar-refractivity contribution >= 4 is 29.0 Å². The minimum atomic E-state index is -0.173. The second-order valence-corrected chi connectivity index (χ2v) is 8.28. The van der Waals surface area contributed by atoms with Gasteiger partial charge in [0.2, 0.25) is 0 Å².